The van der Waals surface area contributed by atoms with Crippen molar-refractivity contribution >= 4 is 23.5 Å². The van der Waals surface area contributed by atoms with Crippen molar-refractivity contribution in [1.82, 2.24) is 14.8 Å². The molecule has 4 atom stereocenters. The summed E-state index contributed by atoms with van der Waals surface area (Å²) in [6.07, 6.45) is 8.81. The fourth-order valence-electron chi connectivity index (χ4n) is 7.03. The molecule has 3 heterocycles. The van der Waals surface area contributed by atoms with E-state index in [4.69, 9.17) is 14.9 Å². The van der Waals surface area contributed by atoms with Gasteiger partial charge in [0.2, 0.25) is 11.8 Å². The van der Waals surface area contributed by atoms with Crippen molar-refractivity contribution < 1.29 is 38.1 Å². The summed E-state index contributed by atoms with van der Waals surface area (Å²) in [5.74, 6) is -1.70. The summed E-state index contributed by atoms with van der Waals surface area (Å²) in [4.78, 5) is 43.9. The van der Waals surface area contributed by atoms with Crippen molar-refractivity contribution in [2.75, 3.05) is 57.8 Å². The molecule has 46 heavy (non-hydrogen) atoms. The molecule has 5 rings (SSSR count). The van der Waals surface area contributed by atoms with Gasteiger partial charge in [-0.05, 0) is 54.7 Å². The van der Waals surface area contributed by atoms with Gasteiger partial charge in [0, 0.05) is 82.0 Å². The Kier molecular flexibility index (Phi) is 12.5. The molecule has 1 aromatic heterocycles. The highest BCUT2D eigenvalue weighted by atomic mass is 19.2. The lowest BCUT2D eigenvalue weighted by molar-refractivity contribution is -0.142. The number of benzene rings is 1. The van der Waals surface area contributed by atoms with Gasteiger partial charge in [-0.1, -0.05) is 25.8 Å². The summed E-state index contributed by atoms with van der Waals surface area (Å²) in [6.45, 7) is 7.67. The third-order valence-corrected chi connectivity index (χ3v) is 9.14. The van der Waals surface area contributed by atoms with E-state index >= 15 is 0 Å². The minimum absolute atomic E-state index is 0.0405. The van der Waals surface area contributed by atoms with Gasteiger partial charge in [0.05, 0.1) is 13.0 Å². The standard InChI is InChI=1S/C30H40F2N4O2.C4H4O4/c1-21(15-22-7-10-29(38-2)33-17-22)18-34-19-23-5-3-4-6-25(23)26(20-34)30(37)36-13-11-35(12-14-36)24-8-9-27(31)28(32)16-24;5-3(6)1-2-4(7)8/h7-10,16-17,21,23,25-26H,3-6,11-15,18-20H2,1-2H3;1-2H,(H,5,6)(H,7,8)/b;2-1+/t21-,23-,25-,26+;/m1./s1. The molecule has 1 amide bonds. The number of likely N-dealkylation sites (tertiary alicyclic amines) is 1. The Morgan fingerprint density at radius 1 is 0.978 bits per heavy atom. The second kappa shape index (κ2) is 16.5. The molecule has 3 fully saturated rings. The minimum atomic E-state index is -1.26. The lowest BCUT2D eigenvalue weighted by Gasteiger charge is -2.48. The van der Waals surface area contributed by atoms with Gasteiger partial charge in [0.15, 0.2) is 11.6 Å². The summed E-state index contributed by atoms with van der Waals surface area (Å²) in [6, 6.07) is 8.04. The lowest BCUT2D eigenvalue weighted by atomic mass is 9.69. The number of hydrogen-bond donors (Lipinski definition) is 2. The van der Waals surface area contributed by atoms with Crippen LogP contribution in [0.1, 0.15) is 38.2 Å². The number of carbonyl (C=O) groups excluding carboxylic acids is 1. The van der Waals surface area contributed by atoms with E-state index in [9.17, 15) is 23.2 Å². The number of nitrogens with zero attached hydrogens (tertiary/aromatic N) is 4. The molecular weight excluding hydrogens is 598 g/mol. The van der Waals surface area contributed by atoms with Gasteiger partial charge < -0.3 is 29.6 Å². The molecule has 250 valence electrons. The van der Waals surface area contributed by atoms with E-state index in [0.29, 0.717) is 67.7 Å². The normalized spacial score (nSPS) is 22.4. The molecule has 2 saturated heterocycles. The number of halogens is 2. The van der Waals surface area contributed by atoms with E-state index in [1.54, 1.807) is 13.2 Å². The molecule has 2 N–H and O–H groups in total. The highest BCUT2D eigenvalue weighted by Gasteiger charge is 2.43. The van der Waals surface area contributed by atoms with Gasteiger partial charge in [0.1, 0.15) is 0 Å². The second-order valence-electron chi connectivity index (χ2n) is 12.5. The molecular formula is C34H44F2N4O6. The first-order valence-corrected chi connectivity index (χ1v) is 15.9. The molecule has 0 bridgehead atoms. The van der Waals surface area contributed by atoms with Crippen LogP contribution in [-0.2, 0) is 20.8 Å². The van der Waals surface area contributed by atoms with Crippen molar-refractivity contribution in [1.29, 1.82) is 0 Å². The SMILES string of the molecule is COc1ccc(C[C@@H](C)CN2C[C@H]3CCCC[C@H]3[C@@H](C(=O)N3CCN(c4ccc(F)c(F)c4)CC3)C2)cn1.O=C(O)/C=C/C(=O)O. The van der Waals surface area contributed by atoms with Crippen molar-refractivity contribution in [3.63, 3.8) is 0 Å². The van der Waals surface area contributed by atoms with E-state index in [-0.39, 0.29) is 11.8 Å². The number of aromatic nitrogens is 1. The number of carboxylic acid groups (broad SMARTS) is 2. The third-order valence-electron chi connectivity index (χ3n) is 9.14. The first-order valence-electron chi connectivity index (χ1n) is 15.9. The summed E-state index contributed by atoms with van der Waals surface area (Å²) in [7, 11) is 1.63. The van der Waals surface area contributed by atoms with Crippen LogP contribution in [0.25, 0.3) is 0 Å². The summed E-state index contributed by atoms with van der Waals surface area (Å²) >= 11 is 0. The molecule has 0 spiro atoms. The molecule has 10 nitrogen and oxygen atoms in total. The Hall–Kier alpha value is -4.06. The Morgan fingerprint density at radius 3 is 2.28 bits per heavy atom. The summed E-state index contributed by atoms with van der Waals surface area (Å²) < 4.78 is 32.3. The zero-order valence-electron chi connectivity index (χ0n) is 26.5. The third kappa shape index (κ3) is 9.72. The van der Waals surface area contributed by atoms with Crippen LogP contribution in [0, 0.1) is 35.3 Å². The number of ether oxygens (including phenoxy) is 1. The number of aliphatic carboxylic acids is 2. The van der Waals surface area contributed by atoms with Gasteiger partial charge in [0.25, 0.3) is 0 Å². The van der Waals surface area contributed by atoms with Crippen LogP contribution in [0.5, 0.6) is 5.88 Å². The highest BCUT2D eigenvalue weighted by molar-refractivity contribution is 5.89. The summed E-state index contributed by atoms with van der Waals surface area (Å²) in [5.41, 5.74) is 1.88. The Morgan fingerprint density at radius 2 is 1.67 bits per heavy atom. The van der Waals surface area contributed by atoms with Crippen molar-refractivity contribution in [2.24, 2.45) is 23.7 Å². The lowest BCUT2D eigenvalue weighted by Crippen LogP contribution is -2.57. The Bertz CT molecular complexity index is 1350. The number of piperidine rings is 1. The molecule has 2 aromatic rings. The molecule has 0 unspecified atom stereocenters. The van der Waals surface area contributed by atoms with E-state index in [2.05, 4.69) is 22.9 Å². The zero-order chi connectivity index (χ0) is 33.2. The number of fused-ring (bicyclic) bond motifs is 1. The number of anilines is 1. The van der Waals surface area contributed by atoms with Gasteiger partial charge >= 0.3 is 11.9 Å². The van der Waals surface area contributed by atoms with Gasteiger partial charge in [-0.25, -0.2) is 23.4 Å². The van der Waals surface area contributed by atoms with Crippen LogP contribution in [0.15, 0.2) is 48.7 Å². The number of rotatable bonds is 9. The molecule has 1 aliphatic carbocycles. The molecule has 3 aliphatic rings. The second-order valence-corrected chi connectivity index (χ2v) is 12.5. The minimum Gasteiger partial charge on any atom is -0.481 e. The van der Waals surface area contributed by atoms with Crippen LogP contribution in [-0.4, -0.2) is 95.8 Å². The molecule has 12 heteroatoms. The predicted molar refractivity (Wildman–Crippen MR) is 169 cm³/mol. The average molecular weight is 643 g/mol. The molecule has 2 aliphatic heterocycles. The van der Waals surface area contributed by atoms with Crippen molar-refractivity contribution in [3.8, 4) is 5.88 Å². The first kappa shape index (κ1) is 34.8. The maximum absolute atomic E-state index is 13.9. The molecule has 0 radical (unpaired) electrons. The van der Waals surface area contributed by atoms with E-state index in [1.807, 2.05) is 22.1 Å². The average Bonchev–Trinajstić information content (AvgIpc) is 3.05. The summed E-state index contributed by atoms with van der Waals surface area (Å²) in [5, 5.41) is 15.6. The fraction of sp³-hybridized carbons (Fsp3) is 0.529. The smallest absolute Gasteiger partial charge is 0.328 e. The highest BCUT2D eigenvalue weighted by Crippen LogP contribution is 2.40. The number of hydrogen-bond acceptors (Lipinski definition) is 7. The number of carboxylic acids is 2. The van der Waals surface area contributed by atoms with Crippen molar-refractivity contribution in [3.05, 3.63) is 65.9 Å². The topological polar surface area (TPSA) is 124 Å². The van der Waals surface area contributed by atoms with E-state index in [1.165, 1.54) is 37.0 Å². The monoisotopic (exact) mass is 642 g/mol. The van der Waals surface area contributed by atoms with E-state index in [0.717, 1.165) is 32.5 Å². The fourth-order valence-corrected chi connectivity index (χ4v) is 7.03. The zero-order valence-corrected chi connectivity index (χ0v) is 26.5. The number of pyridine rings is 1. The van der Waals surface area contributed by atoms with Gasteiger partial charge in [-0.2, -0.15) is 0 Å². The number of piperazine rings is 1. The maximum Gasteiger partial charge on any atom is 0.328 e. The van der Waals surface area contributed by atoms with Crippen LogP contribution >= 0.6 is 0 Å². The first-order chi connectivity index (χ1) is 22.0. The number of amides is 1. The van der Waals surface area contributed by atoms with Gasteiger partial charge in [-0.15, -0.1) is 0 Å². The van der Waals surface area contributed by atoms with E-state index < -0.39 is 23.6 Å². The quantitative estimate of drug-likeness (QED) is 0.385. The largest absolute Gasteiger partial charge is 0.481 e. The van der Waals surface area contributed by atoms with Crippen LogP contribution in [0.4, 0.5) is 14.5 Å². The Balaban J connectivity index is 0.000000533. The van der Waals surface area contributed by atoms with Crippen LogP contribution in [0.2, 0.25) is 0 Å². The maximum atomic E-state index is 13.9. The Labute approximate surface area is 268 Å². The molecule has 1 saturated carbocycles. The van der Waals surface area contributed by atoms with Gasteiger partial charge in [-0.3, -0.25) is 4.79 Å². The number of methoxy groups -OCH3 is 1. The van der Waals surface area contributed by atoms with Crippen molar-refractivity contribution in [2.45, 2.75) is 39.0 Å². The van der Waals surface area contributed by atoms with Crippen LogP contribution in [0.3, 0.4) is 0 Å². The van der Waals surface area contributed by atoms with Crippen LogP contribution < -0.4 is 9.64 Å². The number of carbonyl (C=O) groups is 3. The predicted octanol–water partition coefficient (Wildman–Crippen LogP) is 4.35. The molecule has 1 aromatic carbocycles.